The van der Waals surface area contributed by atoms with Crippen molar-refractivity contribution in [2.24, 2.45) is 0 Å². The monoisotopic (exact) mass is 328 g/mol. The number of anilines is 1. The van der Waals surface area contributed by atoms with Gasteiger partial charge in [-0.05, 0) is 24.6 Å². The van der Waals surface area contributed by atoms with Crippen LogP contribution in [0.1, 0.15) is 12.0 Å². The van der Waals surface area contributed by atoms with Crippen LogP contribution in [0.3, 0.4) is 0 Å². The number of nitrogens with one attached hydrogen (secondary N) is 1. The number of carbonyl (C=O) groups is 1. The molecular formula is C18H21FN4O. The Morgan fingerprint density at radius 1 is 1.08 bits per heavy atom. The van der Waals surface area contributed by atoms with Crippen LogP contribution in [0.15, 0.2) is 48.7 Å². The highest BCUT2D eigenvalue weighted by molar-refractivity contribution is 5.88. The predicted octanol–water partition coefficient (Wildman–Crippen LogP) is 2.96. The maximum absolute atomic E-state index is 13.8. The number of carbonyl (C=O) groups excluding carboxylic acids is 1. The largest absolute Gasteiger partial charge is 0.323 e. The van der Waals surface area contributed by atoms with Crippen molar-refractivity contribution in [3.63, 3.8) is 0 Å². The van der Waals surface area contributed by atoms with Crippen LogP contribution in [0.2, 0.25) is 0 Å². The van der Waals surface area contributed by atoms with Crippen molar-refractivity contribution < 1.29 is 9.18 Å². The Morgan fingerprint density at radius 2 is 1.92 bits per heavy atom. The zero-order valence-corrected chi connectivity index (χ0v) is 13.5. The molecule has 0 bridgehead atoms. The average Bonchev–Trinajstić information content (AvgIpc) is 2.84. The van der Waals surface area contributed by atoms with Crippen molar-refractivity contribution in [1.29, 1.82) is 0 Å². The normalized spacial score (nSPS) is 15.8. The number of aromatic nitrogens is 1. The van der Waals surface area contributed by atoms with Crippen molar-refractivity contribution in [2.45, 2.75) is 13.0 Å². The van der Waals surface area contributed by atoms with E-state index in [0.29, 0.717) is 31.0 Å². The van der Waals surface area contributed by atoms with E-state index in [2.05, 4.69) is 15.2 Å². The fraction of sp³-hybridized carbons (Fsp3) is 0.333. The molecule has 0 saturated carbocycles. The van der Waals surface area contributed by atoms with E-state index < -0.39 is 0 Å². The first-order valence-electron chi connectivity index (χ1n) is 8.15. The molecule has 0 aliphatic carbocycles. The second-order valence-corrected chi connectivity index (χ2v) is 5.85. The lowest BCUT2D eigenvalue weighted by atomic mass is 10.2. The molecule has 1 aliphatic rings. The molecule has 2 aromatic rings. The van der Waals surface area contributed by atoms with Gasteiger partial charge in [-0.15, -0.1) is 0 Å². The van der Waals surface area contributed by atoms with Gasteiger partial charge in [0.05, 0.1) is 0 Å². The minimum absolute atomic E-state index is 0.138. The van der Waals surface area contributed by atoms with E-state index in [-0.39, 0.29) is 11.8 Å². The van der Waals surface area contributed by atoms with Gasteiger partial charge < -0.3 is 4.90 Å². The maximum Gasteiger partial charge on any atom is 0.323 e. The van der Waals surface area contributed by atoms with E-state index in [9.17, 15) is 9.18 Å². The summed E-state index contributed by atoms with van der Waals surface area (Å²) in [7, 11) is 0. The summed E-state index contributed by atoms with van der Waals surface area (Å²) in [6.07, 6.45) is 2.51. The summed E-state index contributed by atoms with van der Waals surface area (Å²) >= 11 is 0. The predicted molar refractivity (Wildman–Crippen MR) is 91.1 cm³/mol. The molecule has 0 radical (unpaired) electrons. The first-order valence-corrected chi connectivity index (χ1v) is 8.15. The van der Waals surface area contributed by atoms with E-state index in [0.717, 1.165) is 19.5 Å². The third-order valence-electron chi connectivity index (χ3n) is 4.13. The Morgan fingerprint density at radius 3 is 2.71 bits per heavy atom. The summed E-state index contributed by atoms with van der Waals surface area (Å²) in [4.78, 5) is 20.4. The van der Waals surface area contributed by atoms with Crippen LogP contribution >= 0.6 is 0 Å². The summed E-state index contributed by atoms with van der Waals surface area (Å²) in [5.74, 6) is 0.376. The summed E-state index contributed by atoms with van der Waals surface area (Å²) < 4.78 is 13.8. The molecule has 1 aromatic heterocycles. The highest BCUT2D eigenvalue weighted by atomic mass is 19.1. The van der Waals surface area contributed by atoms with Gasteiger partial charge in [0.1, 0.15) is 11.6 Å². The summed E-state index contributed by atoms with van der Waals surface area (Å²) in [5, 5.41) is 2.81. The van der Waals surface area contributed by atoms with Crippen LogP contribution in [-0.4, -0.2) is 47.0 Å². The van der Waals surface area contributed by atoms with Gasteiger partial charge in [-0.1, -0.05) is 24.3 Å². The Balaban J connectivity index is 1.55. The Bertz CT molecular complexity index is 680. The molecule has 1 aliphatic heterocycles. The summed E-state index contributed by atoms with van der Waals surface area (Å²) in [5.41, 5.74) is 0.698. The van der Waals surface area contributed by atoms with Crippen LogP contribution in [0.5, 0.6) is 0 Å². The molecule has 6 heteroatoms. The van der Waals surface area contributed by atoms with E-state index in [1.165, 1.54) is 6.07 Å². The summed E-state index contributed by atoms with van der Waals surface area (Å²) in [6, 6.07) is 12.1. The maximum atomic E-state index is 13.8. The molecule has 0 atom stereocenters. The van der Waals surface area contributed by atoms with E-state index >= 15 is 0 Å². The fourth-order valence-corrected chi connectivity index (χ4v) is 2.82. The number of nitrogens with zero attached hydrogens (tertiary/aromatic N) is 3. The zero-order valence-electron chi connectivity index (χ0n) is 13.5. The molecule has 5 nitrogen and oxygen atoms in total. The highest BCUT2D eigenvalue weighted by Gasteiger charge is 2.20. The van der Waals surface area contributed by atoms with Gasteiger partial charge in [-0.2, -0.15) is 0 Å². The number of hydrogen-bond acceptors (Lipinski definition) is 3. The Hall–Kier alpha value is -2.47. The molecule has 1 saturated heterocycles. The van der Waals surface area contributed by atoms with Crippen molar-refractivity contribution >= 4 is 11.8 Å². The van der Waals surface area contributed by atoms with E-state index in [1.54, 1.807) is 23.2 Å². The minimum atomic E-state index is -0.175. The molecule has 24 heavy (non-hydrogen) atoms. The third-order valence-corrected chi connectivity index (χ3v) is 4.13. The smallest absolute Gasteiger partial charge is 0.323 e. The number of halogens is 1. The molecule has 0 spiro atoms. The van der Waals surface area contributed by atoms with Gasteiger partial charge in [0.15, 0.2) is 0 Å². The quantitative estimate of drug-likeness (QED) is 0.942. The van der Waals surface area contributed by atoms with Crippen molar-refractivity contribution in [1.82, 2.24) is 14.8 Å². The van der Waals surface area contributed by atoms with Crippen LogP contribution in [-0.2, 0) is 6.54 Å². The first kappa shape index (κ1) is 16.4. The standard InChI is InChI=1S/C18H21FN4O/c19-16-7-2-1-6-15(16)14-22-10-5-11-23(13-12-22)18(24)21-17-8-3-4-9-20-17/h1-4,6-9H,5,10-14H2,(H,20,21,24). The minimum Gasteiger partial charge on any atom is -0.323 e. The highest BCUT2D eigenvalue weighted by Crippen LogP contribution is 2.13. The SMILES string of the molecule is O=C(Nc1ccccn1)N1CCCN(Cc2ccccc2F)CC1. The molecule has 0 unspecified atom stereocenters. The van der Waals surface area contributed by atoms with Gasteiger partial charge >= 0.3 is 6.03 Å². The van der Waals surface area contributed by atoms with Gasteiger partial charge in [0.25, 0.3) is 0 Å². The van der Waals surface area contributed by atoms with E-state index in [1.807, 2.05) is 24.3 Å². The average molecular weight is 328 g/mol. The number of amides is 2. The fourth-order valence-electron chi connectivity index (χ4n) is 2.82. The molecule has 126 valence electrons. The van der Waals surface area contributed by atoms with Crippen molar-refractivity contribution in [3.8, 4) is 0 Å². The molecular weight excluding hydrogens is 307 g/mol. The lowest BCUT2D eigenvalue weighted by molar-refractivity contribution is 0.210. The molecule has 3 rings (SSSR count). The number of rotatable bonds is 3. The van der Waals surface area contributed by atoms with Gasteiger partial charge in [-0.25, -0.2) is 14.2 Å². The third kappa shape index (κ3) is 4.29. The number of benzene rings is 1. The van der Waals surface area contributed by atoms with Crippen LogP contribution in [0.25, 0.3) is 0 Å². The number of hydrogen-bond donors (Lipinski definition) is 1. The molecule has 1 N–H and O–H groups in total. The molecule has 1 aromatic carbocycles. The van der Waals surface area contributed by atoms with Gasteiger partial charge in [0.2, 0.25) is 0 Å². The van der Waals surface area contributed by atoms with Gasteiger partial charge in [0, 0.05) is 44.5 Å². The second-order valence-electron chi connectivity index (χ2n) is 5.85. The zero-order chi connectivity index (χ0) is 16.8. The number of urea groups is 1. The Kier molecular flexibility index (Phi) is 5.38. The van der Waals surface area contributed by atoms with Gasteiger partial charge in [-0.3, -0.25) is 10.2 Å². The van der Waals surface area contributed by atoms with Crippen LogP contribution < -0.4 is 5.32 Å². The van der Waals surface area contributed by atoms with Crippen molar-refractivity contribution in [2.75, 3.05) is 31.5 Å². The van der Waals surface area contributed by atoms with E-state index in [4.69, 9.17) is 0 Å². The lowest BCUT2D eigenvalue weighted by Gasteiger charge is -2.22. The Labute approximate surface area is 141 Å². The molecule has 1 fully saturated rings. The topological polar surface area (TPSA) is 48.5 Å². The second kappa shape index (κ2) is 7.88. The lowest BCUT2D eigenvalue weighted by Crippen LogP contribution is -2.38. The first-order chi connectivity index (χ1) is 11.7. The van der Waals surface area contributed by atoms with Crippen LogP contribution in [0, 0.1) is 5.82 Å². The number of pyridine rings is 1. The summed E-state index contributed by atoms with van der Waals surface area (Å²) in [6.45, 7) is 3.45. The molecule has 2 amide bonds. The molecule has 2 heterocycles. The van der Waals surface area contributed by atoms with Crippen LogP contribution in [0.4, 0.5) is 15.0 Å². The van der Waals surface area contributed by atoms with Crippen molar-refractivity contribution in [3.05, 3.63) is 60.0 Å².